The van der Waals surface area contributed by atoms with Crippen LogP contribution in [0.1, 0.15) is 21.1 Å². The summed E-state index contributed by atoms with van der Waals surface area (Å²) in [6, 6.07) is 13.0. The van der Waals surface area contributed by atoms with Crippen molar-refractivity contribution in [1.29, 1.82) is 0 Å². The van der Waals surface area contributed by atoms with Gasteiger partial charge in [0.15, 0.2) is 11.5 Å². The molecule has 1 aliphatic rings. The molecule has 2 aromatic heterocycles. The average molecular weight is 481 g/mol. The number of anilines is 1. The molecule has 0 aliphatic carbocycles. The second kappa shape index (κ2) is 8.88. The van der Waals surface area contributed by atoms with E-state index in [-0.39, 0.29) is 5.91 Å². The van der Waals surface area contributed by atoms with Crippen molar-refractivity contribution in [2.24, 2.45) is 7.05 Å². The Balaban J connectivity index is 1.37. The first-order valence-corrected chi connectivity index (χ1v) is 11.6. The summed E-state index contributed by atoms with van der Waals surface area (Å²) in [7, 11) is 3.51. The Hall–Kier alpha value is -3.36. The lowest BCUT2D eigenvalue weighted by molar-refractivity contribution is 0.0984. The lowest BCUT2D eigenvalue weighted by Gasteiger charge is -2.26. The Morgan fingerprint density at radius 3 is 2.70 bits per heavy atom. The first kappa shape index (κ1) is 21.5. The van der Waals surface area contributed by atoms with E-state index >= 15 is 0 Å². The molecule has 3 heterocycles. The molecular formula is C24H21ClN4O3S. The molecule has 0 saturated heterocycles. The number of hydrogen-bond donors (Lipinski definition) is 0. The fraction of sp³-hybridized carbons (Fsp3) is 0.208. The third kappa shape index (κ3) is 4.19. The Morgan fingerprint density at radius 2 is 1.97 bits per heavy atom. The highest BCUT2D eigenvalue weighted by atomic mass is 35.5. The standard InChI is InChI=1S/C24H21ClN4O3S/c1-28-14-26-12-18(28)13-32-20-8-7-17(11-21(20)31-2)29-10-9-19-22(24(29)30)33-23(27-19)15-3-5-16(25)6-4-15/h3-8,11-12,14H,9-10,13H2,1-2H3. The van der Waals surface area contributed by atoms with Gasteiger partial charge in [0, 0.05) is 42.4 Å². The minimum absolute atomic E-state index is 0.0560. The number of rotatable bonds is 6. The molecule has 1 amide bonds. The summed E-state index contributed by atoms with van der Waals surface area (Å²) in [6.45, 7) is 0.917. The van der Waals surface area contributed by atoms with Crippen molar-refractivity contribution in [3.8, 4) is 22.1 Å². The van der Waals surface area contributed by atoms with Crippen LogP contribution in [0.5, 0.6) is 11.5 Å². The van der Waals surface area contributed by atoms with Crippen LogP contribution < -0.4 is 14.4 Å². The van der Waals surface area contributed by atoms with Crippen LogP contribution in [0.3, 0.4) is 0 Å². The number of fused-ring (bicyclic) bond motifs is 1. The molecular weight excluding hydrogens is 460 g/mol. The number of carbonyl (C=O) groups excluding carboxylic acids is 1. The zero-order chi connectivity index (χ0) is 22.9. The average Bonchev–Trinajstić information content (AvgIpc) is 3.45. The maximum absolute atomic E-state index is 13.3. The predicted octanol–water partition coefficient (Wildman–Crippen LogP) is 4.99. The van der Waals surface area contributed by atoms with Crippen LogP contribution in [0.2, 0.25) is 5.02 Å². The van der Waals surface area contributed by atoms with Crippen molar-refractivity contribution in [2.75, 3.05) is 18.6 Å². The number of imidazole rings is 1. The Morgan fingerprint density at radius 1 is 1.15 bits per heavy atom. The Labute approximate surface area is 200 Å². The van der Waals surface area contributed by atoms with Gasteiger partial charge in [-0.25, -0.2) is 9.97 Å². The summed E-state index contributed by atoms with van der Waals surface area (Å²) in [5.41, 5.74) is 3.50. The smallest absolute Gasteiger partial charge is 0.270 e. The number of aromatic nitrogens is 3. The zero-order valence-electron chi connectivity index (χ0n) is 18.1. The molecule has 0 fully saturated rings. The summed E-state index contributed by atoms with van der Waals surface area (Å²) in [5.74, 6) is 1.12. The number of hydrogen-bond acceptors (Lipinski definition) is 6. The Bertz CT molecular complexity index is 1320. The molecule has 0 unspecified atom stereocenters. The van der Waals surface area contributed by atoms with E-state index in [1.807, 2.05) is 54.1 Å². The largest absolute Gasteiger partial charge is 0.493 e. The van der Waals surface area contributed by atoms with Crippen LogP contribution in [0.4, 0.5) is 5.69 Å². The SMILES string of the molecule is COc1cc(N2CCc3nc(-c4ccc(Cl)cc4)sc3C2=O)ccc1OCc1cncn1C. The molecule has 33 heavy (non-hydrogen) atoms. The Kier molecular flexibility index (Phi) is 5.78. The fourth-order valence-electron chi connectivity index (χ4n) is 3.71. The third-order valence-corrected chi connectivity index (χ3v) is 6.94. The van der Waals surface area contributed by atoms with Crippen LogP contribution in [-0.2, 0) is 20.1 Å². The lowest BCUT2D eigenvalue weighted by atomic mass is 10.1. The van der Waals surface area contributed by atoms with Gasteiger partial charge in [-0.3, -0.25) is 4.79 Å². The van der Waals surface area contributed by atoms with Crippen molar-refractivity contribution in [2.45, 2.75) is 13.0 Å². The molecule has 0 saturated carbocycles. The molecule has 9 heteroatoms. The third-order valence-electron chi connectivity index (χ3n) is 5.55. The highest BCUT2D eigenvalue weighted by molar-refractivity contribution is 7.17. The highest BCUT2D eigenvalue weighted by Gasteiger charge is 2.30. The quantitative estimate of drug-likeness (QED) is 0.389. The van der Waals surface area contributed by atoms with Gasteiger partial charge in [-0.05, 0) is 24.3 Å². The molecule has 2 aromatic carbocycles. The number of halogens is 1. The number of ether oxygens (including phenoxy) is 2. The van der Waals surface area contributed by atoms with Gasteiger partial charge in [0.05, 0.1) is 31.0 Å². The second-order valence-electron chi connectivity index (χ2n) is 7.63. The molecule has 0 atom stereocenters. The van der Waals surface area contributed by atoms with Crippen molar-refractivity contribution < 1.29 is 14.3 Å². The zero-order valence-corrected chi connectivity index (χ0v) is 19.7. The van der Waals surface area contributed by atoms with E-state index in [1.165, 1.54) is 11.3 Å². The minimum atomic E-state index is -0.0560. The number of amides is 1. The minimum Gasteiger partial charge on any atom is -0.493 e. The molecule has 4 aromatic rings. The molecule has 1 aliphatic heterocycles. The van der Waals surface area contributed by atoms with Crippen LogP contribution in [0.25, 0.3) is 10.6 Å². The van der Waals surface area contributed by atoms with E-state index in [2.05, 4.69) is 4.98 Å². The maximum Gasteiger partial charge on any atom is 0.270 e. The van der Waals surface area contributed by atoms with Gasteiger partial charge in [0.1, 0.15) is 16.5 Å². The molecule has 0 bridgehead atoms. The topological polar surface area (TPSA) is 69.5 Å². The molecule has 7 nitrogen and oxygen atoms in total. The van der Waals surface area contributed by atoms with Crippen molar-refractivity contribution >= 4 is 34.5 Å². The van der Waals surface area contributed by atoms with E-state index in [0.29, 0.717) is 41.0 Å². The maximum atomic E-state index is 13.3. The summed E-state index contributed by atoms with van der Waals surface area (Å²) in [4.78, 5) is 24.6. The van der Waals surface area contributed by atoms with E-state index in [1.54, 1.807) is 24.5 Å². The van der Waals surface area contributed by atoms with Crippen molar-refractivity contribution in [3.05, 3.63) is 76.3 Å². The van der Waals surface area contributed by atoms with Gasteiger partial charge in [-0.15, -0.1) is 11.3 Å². The van der Waals surface area contributed by atoms with Gasteiger partial charge in [-0.2, -0.15) is 0 Å². The summed E-state index contributed by atoms with van der Waals surface area (Å²) < 4.78 is 13.4. The van der Waals surface area contributed by atoms with Crippen LogP contribution in [0, 0.1) is 0 Å². The van der Waals surface area contributed by atoms with Crippen molar-refractivity contribution in [3.63, 3.8) is 0 Å². The van der Waals surface area contributed by atoms with E-state index < -0.39 is 0 Å². The van der Waals surface area contributed by atoms with Gasteiger partial charge in [0.25, 0.3) is 5.91 Å². The van der Waals surface area contributed by atoms with E-state index in [9.17, 15) is 4.79 Å². The molecule has 0 N–H and O–H groups in total. The molecule has 0 spiro atoms. The fourth-order valence-corrected chi connectivity index (χ4v) is 4.90. The summed E-state index contributed by atoms with van der Waals surface area (Å²) in [5, 5.41) is 1.49. The van der Waals surface area contributed by atoms with Crippen LogP contribution in [-0.4, -0.2) is 34.1 Å². The van der Waals surface area contributed by atoms with E-state index in [4.69, 9.17) is 26.1 Å². The predicted molar refractivity (Wildman–Crippen MR) is 128 cm³/mol. The van der Waals surface area contributed by atoms with Crippen molar-refractivity contribution in [1.82, 2.24) is 14.5 Å². The number of nitrogens with zero attached hydrogens (tertiary/aromatic N) is 4. The first-order valence-electron chi connectivity index (χ1n) is 10.4. The number of benzene rings is 2. The van der Waals surface area contributed by atoms with Crippen LogP contribution >= 0.6 is 22.9 Å². The van der Waals surface area contributed by atoms with E-state index in [0.717, 1.165) is 27.6 Å². The first-order chi connectivity index (χ1) is 16.0. The number of aryl methyl sites for hydroxylation is 1. The normalized spacial score (nSPS) is 13.2. The van der Waals surface area contributed by atoms with Crippen LogP contribution in [0.15, 0.2) is 55.0 Å². The molecule has 5 rings (SSSR count). The van der Waals surface area contributed by atoms with Gasteiger partial charge < -0.3 is 18.9 Å². The monoisotopic (exact) mass is 480 g/mol. The lowest BCUT2D eigenvalue weighted by Crippen LogP contribution is -2.36. The van der Waals surface area contributed by atoms with Gasteiger partial charge in [0.2, 0.25) is 0 Å². The highest BCUT2D eigenvalue weighted by Crippen LogP contribution is 2.37. The van der Waals surface area contributed by atoms with Gasteiger partial charge in [-0.1, -0.05) is 23.7 Å². The van der Waals surface area contributed by atoms with Gasteiger partial charge >= 0.3 is 0 Å². The number of methoxy groups -OCH3 is 1. The number of thiazole rings is 1. The molecule has 0 radical (unpaired) electrons. The molecule has 168 valence electrons. The summed E-state index contributed by atoms with van der Waals surface area (Å²) >= 11 is 7.41. The second-order valence-corrected chi connectivity index (χ2v) is 9.06. The number of carbonyl (C=O) groups is 1. The summed E-state index contributed by atoms with van der Waals surface area (Å²) in [6.07, 6.45) is 4.18.